The highest BCUT2D eigenvalue weighted by Gasteiger charge is 2.34. The first kappa shape index (κ1) is 28.4. The average Bonchev–Trinajstić information content (AvgIpc) is 2.92. The van der Waals surface area contributed by atoms with E-state index in [0.29, 0.717) is 47.7 Å². The summed E-state index contributed by atoms with van der Waals surface area (Å²) in [5, 5.41) is 8.27. The van der Waals surface area contributed by atoms with Gasteiger partial charge in [-0.1, -0.05) is 6.07 Å². The fraction of sp³-hybridized carbons (Fsp3) is 0.214. The van der Waals surface area contributed by atoms with Gasteiger partial charge < -0.3 is 20.9 Å². The number of halogens is 1. The summed E-state index contributed by atoms with van der Waals surface area (Å²) in [5.41, 5.74) is 3.24. The lowest BCUT2D eigenvalue weighted by Crippen LogP contribution is -2.41. The van der Waals surface area contributed by atoms with Crippen molar-refractivity contribution >= 4 is 39.9 Å². The van der Waals surface area contributed by atoms with Crippen molar-refractivity contribution in [3.63, 3.8) is 0 Å². The summed E-state index contributed by atoms with van der Waals surface area (Å²) in [6.45, 7) is 3.90. The number of sulfone groups is 1. The lowest BCUT2D eigenvalue weighted by atomic mass is 9.90. The molecule has 0 aliphatic carbocycles. The van der Waals surface area contributed by atoms with E-state index in [2.05, 4.69) is 32.6 Å². The van der Waals surface area contributed by atoms with Gasteiger partial charge in [0.15, 0.2) is 9.84 Å². The van der Waals surface area contributed by atoms with Crippen LogP contribution in [0.5, 0.6) is 0 Å². The van der Waals surface area contributed by atoms with Crippen LogP contribution in [0, 0.1) is 5.82 Å². The van der Waals surface area contributed by atoms with Crippen molar-refractivity contribution in [1.82, 2.24) is 15.2 Å². The smallest absolute Gasteiger partial charge is 0.323 e. The average molecular weight is 565 g/mol. The molecule has 3 N–H and O–H groups in total. The lowest BCUT2D eigenvalue weighted by molar-refractivity contribution is 0.0645. The standard InChI is InChI=1S/C28H29FN6O4S/c1-30-17-22(31-2)12-13-35-26(25-11-5-19(29)16-32-25)14-18-4-6-21(15-24(18)27(35)36)34-28(37)33-20-7-9-23(10-8-20)40(3,38)39/h4-11,15-17,26,30H,2,12-14H2,1,3H3,(H2,33,34,37)/b22-17-. The van der Waals surface area contributed by atoms with Gasteiger partial charge in [-0.2, -0.15) is 0 Å². The zero-order valence-electron chi connectivity index (χ0n) is 22.0. The first-order chi connectivity index (χ1) is 19.1. The Morgan fingerprint density at radius 1 is 1.15 bits per heavy atom. The molecule has 1 aliphatic heterocycles. The number of anilines is 2. The van der Waals surface area contributed by atoms with Gasteiger partial charge in [-0.15, -0.1) is 0 Å². The fourth-order valence-corrected chi connectivity index (χ4v) is 5.06. The minimum atomic E-state index is -3.35. The highest BCUT2D eigenvalue weighted by molar-refractivity contribution is 7.90. The van der Waals surface area contributed by atoms with E-state index in [1.807, 2.05) is 0 Å². The van der Waals surface area contributed by atoms with Gasteiger partial charge in [0.1, 0.15) is 5.82 Å². The molecule has 208 valence electrons. The summed E-state index contributed by atoms with van der Waals surface area (Å²) in [4.78, 5) is 36.4. The Kier molecular flexibility index (Phi) is 8.58. The molecule has 0 fully saturated rings. The van der Waals surface area contributed by atoms with Crippen molar-refractivity contribution in [3.8, 4) is 0 Å². The van der Waals surface area contributed by atoms with E-state index in [4.69, 9.17) is 0 Å². The Morgan fingerprint density at radius 3 is 2.48 bits per heavy atom. The predicted octanol–water partition coefficient (Wildman–Crippen LogP) is 4.16. The second-order valence-electron chi connectivity index (χ2n) is 9.20. The van der Waals surface area contributed by atoms with Gasteiger partial charge in [-0.3, -0.25) is 14.8 Å². The number of aliphatic imine (C=N–C) groups is 1. The third-order valence-electron chi connectivity index (χ3n) is 6.40. The van der Waals surface area contributed by atoms with Crippen LogP contribution in [0.1, 0.15) is 34.1 Å². The van der Waals surface area contributed by atoms with E-state index in [1.54, 1.807) is 42.4 Å². The summed E-state index contributed by atoms with van der Waals surface area (Å²) in [5.74, 6) is -0.723. The Balaban J connectivity index is 1.55. The highest BCUT2D eigenvalue weighted by Crippen LogP contribution is 2.34. The molecule has 0 spiro atoms. The van der Waals surface area contributed by atoms with E-state index in [0.717, 1.165) is 18.0 Å². The van der Waals surface area contributed by atoms with Crippen LogP contribution in [-0.4, -0.2) is 56.8 Å². The number of amides is 3. The third-order valence-corrected chi connectivity index (χ3v) is 7.53. The minimum Gasteiger partial charge on any atom is -0.393 e. The maximum absolute atomic E-state index is 13.7. The van der Waals surface area contributed by atoms with E-state index < -0.39 is 27.7 Å². The summed E-state index contributed by atoms with van der Waals surface area (Å²) < 4.78 is 36.9. The molecule has 0 saturated heterocycles. The molecule has 3 amide bonds. The van der Waals surface area contributed by atoms with Gasteiger partial charge >= 0.3 is 6.03 Å². The van der Waals surface area contributed by atoms with Gasteiger partial charge in [-0.25, -0.2) is 17.6 Å². The summed E-state index contributed by atoms with van der Waals surface area (Å²) in [6.07, 6.45) is 4.82. The van der Waals surface area contributed by atoms with Crippen molar-refractivity contribution < 1.29 is 22.4 Å². The minimum absolute atomic E-state index is 0.141. The van der Waals surface area contributed by atoms with Crippen molar-refractivity contribution in [1.29, 1.82) is 0 Å². The molecule has 4 rings (SSSR count). The molecule has 12 heteroatoms. The molecule has 3 aromatic rings. The normalized spacial score (nSPS) is 15.3. The number of aromatic nitrogens is 1. The Bertz CT molecular complexity index is 1560. The first-order valence-corrected chi connectivity index (χ1v) is 14.2. The molecule has 1 aliphatic rings. The number of nitrogens with one attached hydrogen (secondary N) is 3. The van der Waals surface area contributed by atoms with Gasteiger partial charge in [0, 0.05) is 49.4 Å². The van der Waals surface area contributed by atoms with Crippen LogP contribution in [0.15, 0.2) is 82.6 Å². The van der Waals surface area contributed by atoms with Gasteiger partial charge in [0.2, 0.25) is 0 Å². The van der Waals surface area contributed by atoms with Crippen LogP contribution in [0.25, 0.3) is 0 Å². The summed E-state index contributed by atoms with van der Waals surface area (Å²) in [6, 6.07) is 12.8. The van der Waals surface area contributed by atoms with Crippen LogP contribution >= 0.6 is 0 Å². The molecule has 1 atom stereocenters. The fourth-order valence-electron chi connectivity index (χ4n) is 4.43. The summed E-state index contributed by atoms with van der Waals surface area (Å²) >= 11 is 0. The summed E-state index contributed by atoms with van der Waals surface area (Å²) in [7, 11) is -1.61. The molecular formula is C28H29FN6O4S. The number of benzene rings is 2. The number of urea groups is 1. The topological polar surface area (TPSA) is 133 Å². The Labute approximate surface area is 232 Å². The number of hydrogen-bond acceptors (Lipinski definition) is 7. The van der Waals surface area contributed by atoms with Crippen molar-refractivity contribution in [3.05, 3.63) is 95.3 Å². The largest absolute Gasteiger partial charge is 0.393 e. The number of hydrogen-bond donors (Lipinski definition) is 3. The van der Waals surface area contributed by atoms with Crippen LogP contribution in [-0.2, 0) is 16.3 Å². The molecule has 0 bridgehead atoms. The molecular weight excluding hydrogens is 535 g/mol. The zero-order valence-corrected chi connectivity index (χ0v) is 22.8. The van der Waals surface area contributed by atoms with Gasteiger partial charge in [-0.05, 0) is 67.2 Å². The molecule has 0 radical (unpaired) electrons. The van der Waals surface area contributed by atoms with Crippen LogP contribution in [0.4, 0.5) is 20.6 Å². The lowest BCUT2D eigenvalue weighted by Gasteiger charge is -2.36. The second-order valence-corrected chi connectivity index (χ2v) is 11.2. The SMILES string of the molecule is C=N/C(=C\NC)CCN1C(=O)c2cc(NC(=O)Nc3ccc(S(C)(=O)=O)cc3)ccc2CC1c1ccc(F)cn1. The number of carbonyl (C=O) groups excluding carboxylic acids is 2. The van der Waals surface area contributed by atoms with E-state index in [9.17, 15) is 22.4 Å². The van der Waals surface area contributed by atoms with Crippen LogP contribution in [0.2, 0.25) is 0 Å². The van der Waals surface area contributed by atoms with E-state index in [-0.39, 0.29) is 10.8 Å². The van der Waals surface area contributed by atoms with Crippen molar-refractivity contribution in [2.45, 2.75) is 23.8 Å². The number of nitrogens with zero attached hydrogens (tertiary/aromatic N) is 3. The second kappa shape index (κ2) is 12.1. The quantitative estimate of drug-likeness (QED) is 0.335. The Hall–Kier alpha value is -4.58. The van der Waals surface area contributed by atoms with E-state index >= 15 is 0 Å². The Morgan fingerprint density at radius 2 is 1.85 bits per heavy atom. The molecule has 1 unspecified atom stereocenters. The highest BCUT2D eigenvalue weighted by atomic mass is 32.2. The maximum Gasteiger partial charge on any atom is 0.323 e. The van der Waals surface area contributed by atoms with Crippen molar-refractivity contribution in [2.24, 2.45) is 4.99 Å². The molecule has 40 heavy (non-hydrogen) atoms. The number of rotatable bonds is 9. The predicted molar refractivity (Wildman–Crippen MR) is 152 cm³/mol. The first-order valence-electron chi connectivity index (χ1n) is 12.4. The molecule has 0 saturated carbocycles. The van der Waals surface area contributed by atoms with Crippen molar-refractivity contribution in [2.75, 3.05) is 30.5 Å². The molecule has 2 aromatic carbocycles. The number of carbonyl (C=O) groups is 2. The van der Waals surface area contributed by atoms with Gasteiger partial charge in [0.25, 0.3) is 5.91 Å². The zero-order chi connectivity index (χ0) is 28.9. The van der Waals surface area contributed by atoms with Crippen LogP contribution in [0.3, 0.4) is 0 Å². The molecule has 2 heterocycles. The van der Waals surface area contributed by atoms with Gasteiger partial charge in [0.05, 0.1) is 28.5 Å². The monoisotopic (exact) mass is 564 g/mol. The molecule has 1 aromatic heterocycles. The van der Waals surface area contributed by atoms with E-state index in [1.165, 1.54) is 30.3 Å². The number of fused-ring (bicyclic) bond motifs is 1. The number of pyridine rings is 1. The van der Waals surface area contributed by atoms with Crippen LogP contribution < -0.4 is 16.0 Å². The maximum atomic E-state index is 13.7. The third kappa shape index (κ3) is 6.70. The molecule has 10 nitrogen and oxygen atoms in total.